The fourth-order valence-electron chi connectivity index (χ4n) is 9.62. The van der Waals surface area contributed by atoms with Gasteiger partial charge in [-0.1, -0.05) is 259 Å². The van der Waals surface area contributed by atoms with Crippen molar-refractivity contribution < 1.29 is 80.2 Å². The van der Waals surface area contributed by atoms with Gasteiger partial charge in [0.2, 0.25) is 0 Å². The number of esters is 4. The van der Waals surface area contributed by atoms with Gasteiger partial charge in [0.1, 0.15) is 19.3 Å². The molecule has 552 valence electrons. The molecule has 0 amide bonds. The average Bonchev–Trinajstić information content (AvgIpc) is 2.18. The van der Waals surface area contributed by atoms with Crippen molar-refractivity contribution >= 4 is 39.5 Å². The quantitative estimate of drug-likeness (QED) is 0.0169. The van der Waals surface area contributed by atoms with Crippen LogP contribution < -0.4 is 0 Å². The van der Waals surface area contributed by atoms with Crippen molar-refractivity contribution in [3.05, 3.63) is 109 Å². The summed E-state index contributed by atoms with van der Waals surface area (Å²) in [6, 6.07) is 0. The van der Waals surface area contributed by atoms with E-state index in [4.69, 9.17) is 37.0 Å². The van der Waals surface area contributed by atoms with Crippen LogP contribution in [0.4, 0.5) is 0 Å². The molecule has 0 aromatic carbocycles. The highest BCUT2D eigenvalue weighted by Crippen LogP contribution is 2.45. The van der Waals surface area contributed by atoms with E-state index in [1.165, 1.54) is 64.2 Å². The number of ether oxygens (including phenoxy) is 4. The zero-order valence-corrected chi connectivity index (χ0v) is 61.8. The standard InChI is InChI=1S/C77H132O17P2/c1-5-9-13-17-21-25-29-32-34-35-37-39-43-46-50-54-58-62-75(80)88-68-73(94-77(82)64-60-56-52-48-44-40-36-33-30-26-22-18-14-10-6-2)70-92-96(85,86)90-66-71(78)65-89-95(83,84)91-69-72(93-76(81)63-59-55-51-47-41-28-24-20-16-12-8-4)67-87-74(79)61-57-53-49-45-42-38-31-27-23-19-15-11-7-3/h9-10,13-14,21-22,25-27,31-34,36-37,39,46,50,71-73,78H,5-8,11-12,15-20,23-24,28-30,35,38,40-45,47-49,51-70H2,1-4H3,(H,83,84)(H,85,86)/b13-9-,14-10-,25-21-,26-22-,31-27-,34-32-,36-33-,39-37-,50-46-. The van der Waals surface area contributed by atoms with E-state index < -0.39 is 97.5 Å². The maximum atomic E-state index is 13.1. The van der Waals surface area contributed by atoms with Gasteiger partial charge in [-0.25, -0.2) is 9.13 Å². The summed E-state index contributed by atoms with van der Waals surface area (Å²) >= 11 is 0. The van der Waals surface area contributed by atoms with Gasteiger partial charge in [-0.2, -0.15) is 0 Å². The molecule has 0 spiro atoms. The van der Waals surface area contributed by atoms with Crippen molar-refractivity contribution in [2.45, 2.75) is 316 Å². The van der Waals surface area contributed by atoms with E-state index in [1.807, 2.05) is 12.2 Å². The van der Waals surface area contributed by atoms with Gasteiger partial charge in [0.25, 0.3) is 0 Å². The van der Waals surface area contributed by atoms with Crippen LogP contribution in [0.2, 0.25) is 0 Å². The SMILES string of the molecule is CC/C=C\C/C=C\C/C=C\C/C=C\C/C=C\CCCC(=O)OCC(COP(=O)(O)OCC(O)COP(=O)(O)OCC(COC(=O)CCCCCCC/C=C\CCCCCC)OC(=O)CCCCCCCCCCCCC)OC(=O)CCCCCCC/C=C\C/C=C\C/C=C\CC. The molecule has 0 rings (SSSR count). The van der Waals surface area contributed by atoms with Gasteiger partial charge < -0.3 is 33.8 Å². The lowest BCUT2D eigenvalue weighted by molar-refractivity contribution is -0.161. The number of carbonyl (C=O) groups is 4. The van der Waals surface area contributed by atoms with Crippen LogP contribution in [0.5, 0.6) is 0 Å². The van der Waals surface area contributed by atoms with Crippen molar-refractivity contribution in [3.8, 4) is 0 Å². The molecule has 96 heavy (non-hydrogen) atoms. The minimum atomic E-state index is -4.99. The molecule has 0 aromatic rings. The molecule has 0 radical (unpaired) electrons. The van der Waals surface area contributed by atoms with Crippen molar-refractivity contribution in [2.75, 3.05) is 39.6 Å². The first-order valence-electron chi connectivity index (χ1n) is 37.1. The number of hydrogen-bond donors (Lipinski definition) is 3. The third-order valence-corrected chi connectivity index (χ3v) is 17.1. The second-order valence-electron chi connectivity index (χ2n) is 24.5. The zero-order chi connectivity index (χ0) is 70.4. The number of hydrogen-bond acceptors (Lipinski definition) is 15. The highest BCUT2D eigenvalue weighted by Gasteiger charge is 2.30. The second-order valence-corrected chi connectivity index (χ2v) is 27.4. The van der Waals surface area contributed by atoms with E-state index in [0.29, 0.717) is 32.1 Å². The van der Waals surface area contributed by atoms with Crippen molar-refractivity contribution in [1.29, 1.82) is 0 Å². The molecule has 17 nitrogen and oxygen atoms in total. The summed E-state index contributed by atoms with van der Waals surface area (Å²) in [7, 11) is -9.96. The van der Waals surface area contributed by atoms with Crippen LogP contribution in [0.1, 0.15) is 297 Å². The molecule has 0 aliphatic rings. The topological polar surface area (TPSA) is 237 Å². The Labute approximate surface area is 581 Å². The predicted molar refractivity (Wildman–Crippen MR) is 390 cm³/mol. The molecule has 0 fully saturated rings. The van der Waals surface area contributed by atoms with Crippen LogP contribution in [0, 0.1) is 0 Å². The Hall–Kier alpha value is -4.28. The summed E-state index contributed by atoms with van der Waals surface area (Å²) in [6.45, 7) is 4.53. The van der Waals surface area contributed by atoms with E-state index in [1.54, 1.807) is 0 Å². The van der Waals surface area contributed by atoms with Gasteiger partial charge in [0, 0.05) is 25.7 Å². The van der Waals surface area contributed by atoms with Crippen molar-refractivity contribution in [3.63, 3.8) is 0 Å². The summed E-state index contributed by atoms with van der Waals surface area (Å²) < 4.78 is 68.3. The van der Waals surface area contributed by atoms with Gasteiger partial charge >= 0.3 is 39.5 Å². The number of phosphoric acid groups is 2. The Bertz CT molecular complexity index is 2250. The minimum Gasteiger partial charge on any atom is -0.462 e. The Morgan fingerprint density at radius 1 is 0.302 bits per heavy atom. The lowest BCUT2D eigenvalue weighted by Crippen LogP contribution is -2.30. The van der Waals surface area contributed by atoms with Gasteiger partial charge in [0.05, 0.1) is 26.4 Å². The van der Waals surface area contributed by atoms with Crippen molar-refractivity contribution in [1.82, 2.24) is 0 Å². The first-order chi connectivity index (χ1) is 46.7. The number of unbranched alkanes of at least 4 members (excludes halogenated alkanes) is 25. The van der Waals surface area contributed by atoms with E-state index in [0.717, 1.165) is 148 Å². The molecule has 0 saturated heterocycles. The maximum Gasteiger partial charge on any atom is 0.472 e. The molecule has 0 aromatic heterocycles. The van der Waals surface area contributed by atoms with Crippen LogP contribution in [0.3, 0.4) is 0 Å². The molecule has 5 unspecified atom stereocenters. The van der Waals surface area contributed by atoms with Gasteiger partial charge in [-0.3, -0.25) is 37.3 Å². The van der Waals surface area contributed by atoms with Crippen LogP contribution in [-0.2, 0) is 65.4 Å². The number of carbonyl (C=O) groups excluding carboxylic acids is 4. The van der Waals surface area contributed by atoms with Crippen molar-refractivity contribution in [2.24, 2.45) is 0 Å². The first kappa shape index (κ1) is 91.7. The Balaban J connectivity index is 5.39. The van der Waals surface area contributed by atoms with E-state index in [2.05, 4.69) is 125 Å². The van der Waals surface area contributed by atoms with E-state index in [9.17, 15) is 43.2 Å². The summed E-state index contributed by atoms with van der Waals surface area (Å²) in [5.41, 5.74) is 0. The van der Waals surface area contributed by atoms with Gasteiger partial charge in [-0.05, 0) is 122 Å². The Morgan fingerprint density at radius 2 is 0.552 bits per heavy atom. The normalized spacial score (nSPS) is 14.6. The predicted octanol–water partition coefficient (Wildman–Crippen LogP) is 21.0. The van der Waals surface area contributed by atoms with E-state index >= 15 is 0 Å². The van der Waals surface area contributed by atoms with Crippen LogP contribution >= 0.6 is 15.6 Å². The largest absolute Gasteiger partial charge is 0.472 e. The number of rotatable bonds is 69. The summed E-state index contributed by atoms with van der Waals surface area (Å²) in [5.74, 6) is -2.26. The highest BCUT2D eigenvalue weighted by molar-refractivity contribution is 7.47. The zero-order valence-electron chi connectivity index (χ0n) is 60.0. The van der Waals surface area contributed by atoms with Crippen LogP contribution in [0.25, 0.3) is 0 Å². The lowest BCUT2D eigenvalue weighted by atomic mass is 10.1. The summed E-state index contributed by atoms with van der Waals surface area (Å²) in [6.07, 6.45) is 72.4. The van der Waals surface area contributed by atoms with Gasteiger partial charge in [-0.15, -0.1) is 0 Å². The number of aliphatic hydroxyl groups excluding tert-OH is 1. The minimum absolute atomic E-state index is 0.0618. The summed E-state index contributed by atoms with van der Waals surface area (Å²) in [4.78, 5) is 72.7. The molecular formula is C77H132O17P2. The number of allylic oxidation sites excluding steroid dienone is 18. The lowest BCUT2D eigenvalue weighted by Gasteiger charge is -2.21. The monoisotopic (exact) mass is 1390 g/mol. The Kier molecular flexibility index (Phi) is 66.1. The maximum absolute atomic E-state index is 13.1. The summed E-state index contributed by atoms with van der Waals surface area (Å²) in [5, 5.41) is 10.6. The Morgan fingerprint density at radius 3 is 0.896 bits per heavy atom. The molecule has 0 bridgehead atoms. The third-order valence-electron chi connectivity index (χ3n) is 15.2. The smallest absolute Gasteiger partial charge is 0.462 e. The van der Waals surface area contributed by atoms with Crippen LogP contribution in [0.15, 0.2) is 109 Å². The second kappa shape index (κ2) is 69.2. The highest BCUT2D eigenvalue weighted by atomic mass is 31.2. The number of aliphatic hydroxyl groups is 1. The molecule has 5 atom stereocenters. The fraction of sp³-hybridized carbons (Fsp3) is 0.714. The molecule has 0 aliphatic heterocycles. The third kappa shape index (κ3) is 68.3. The molecule has 3 N–H and O–H groups in total. The number of phosphoric ester groups is 2. The first-order valence-corrected chi connectivity index (χ1v) is 40.1. The molecule has 0 saturated carbocycles. The average molecular weight is 1390 g/mol. The molecular weight excluding hydrogens is 1260 g/mol. The fourth-order valence-corrected chi connectivity index (χ4v) is 11.2. The van der Waals surface area contributed by atoms with Crippen LogP contribution in [-0.4, -0.2) is 96.7 Å². The van der Waals surface area contributed by atoms with Gasteiger partial charge in [0.15, 0.2) is 12.2 Å². The van der Waals surface area contributed by atoms with E-state index in [-0.39, 0.29) is 25.7 Å². The molecule has 0 heterocycles. The molecule has 0 aliphatic carbocycles. The molecule has 19 heteroatoms.